The van der Waals surface area contributed by atoms with Crippen LogP contribution in [0.4, 0.5) is 4.39 Å². The number of benzene rings is 2. The van der Waals surface area contributed by atoms with E-state index in [2.05, 4.69) is 43.3 Å². The lowest BCUT2D eigenvalue weighted by Crippen LogP contribution is -2.25. The predicted molar refractivity (Wildman–Crippen MR) is 112 cm³/mol. The lowest BCUT2D eigenvalue weighted by atomic mass is 9.78. The predicted octanol–water partition coefficient (Wildman–Crippen LogP) is 6.39. The van der Waals surface area contributed by atoms with Crippen LogP contribution in [0, 0.1) is 23.1 Å². The molecule has 1 fully saturated rings. The summed E-state index contributed by atoms with van der Waals surface area (Å²) >= 11 is 0. The van der Waals surface area contributed by atoms with Crippen LogP contribution in [0.15, 0.2) is 48.5 Å². The van der Waals surface area contributed by atoms with E-state index in [1.165, 1.54) is 23.3 Å². The maximum atomic E-state index is 13.7. The van der Waals surface area contributed by atoms with Crippen molar-refractivity contribution >= 4 is 12.0 Å². The van der Waals surface area contributed by atoms with E-state index in [0.717, 1.165) is 44.6 Å². The highest BCUT2D eigenvalue weighted by Crippen LogP contribution is 2.36. The number of hydrogen-bond acceptors (Lipinski definition) is 3. The number of carbonyl (C=O) groups excluding carboxylic acids is 1. The quantitative estimate of drug-likeness (QED) is 0.423. The Labute approximate surface area is 171 Å². The molecule has 2 aromatic carbocycles. The maximum absolute atomic E-state index is 13.7. The molecule has 0 amide bonds. The van der Waals surface area contributed by atoms with Crippen molar-refractivity contribution in [3.05, 3.63) is 71.0 Å². The van der Waals surface area contributed by atoms with Gasteiger partial charge in [-0.05, 0) is 61.3 Å². The number of ether oxygens (including phenoxy) is 1. The SMILES string of the molecule is CCC/C=C/c1ccc(C2CCC(C(=O)Oc3ccc(C#N)c(F)c3)CC2)cc1. The summed E-state index contributed by atoms with van der Waals surface area (Å²) in [7, 11) is 0. The second-order valence-corrected chi connectivity index (χ2v) is 7.58. The Balaban J connectivity index is 1.52. The van der Waals surface area contributed by atoms with Gasteiger partial charge in [-0.25, -0.2) is 4.39 Å². The van der Waals surface area contributed by atoms with Gasteiger partial charge in [0.2, 0.25) is 0 Å². The Morgan fingerprint density at radius 2 is 1.90 bits per heavy atom. The van der Waals surface area contributed by atoms with Crippen molar-refractivity contribution in [3.8, 4) is 11.8 Å². The molecule has 3 nitrogen and oxygen atoms in total. The molecular weight excluding hydrogens is 365 g/mol. The number of halogens is 1. The topological polar surface area (TPSA) is 50.1 Å². The van der Waals surface area contributed by atoms with Gasteiger partial charge < -0.3 is 4.74 Å². The normalized spacial score (nSPS) is 19.1. The van der Waals surface area contributed by atoms with Crippen LogP contribution in [0.5, 0.6) is 5.75 Å². The lowest BCUT2D eigenvalue weighted by Gasteiger charge is -2.27. The molecule has 0 aliphatic heterocycles. The third-order valence-corrected chi connectivity index (χ3v) is 5.51. The standard InChI is InChI=1S/C25H26FNO2/c1-2-3-4-5-18-6-8-19(9-7-18)20-10-12-21(13-11-20)25(28)29-23-15-14-22(17-27)24(26)16-23/h4-9,14-16,20-21H,2-3,10-13H2,1H3/b5-4+. The molecular formula is C25H26FNO2. The lowest BCUT2D eigenvalue weighted by molar-refractivity contribution is -0.140. The second kappa shape index (κ2) is 10.0. The highest BCUT2D eigenvalue weighted by molar-refractivity contribution is 5.75. The van der Waals surface area contributed by atoms with Crippen molar-refractivity contribution < 1.29 is 13.9 Å². The largest absolute Gasteiger partial charge is 0.426 e. The number of esters is 1. The van der Waals surface area contributed by atoms with E-state index in [4.69, 9.17) is 10.00 Å². The molecule has 3 rings (SSSR count). The minimum atomic E-state index is -0.672. The van der Waals surface area contributed by atoms with Gasteiger partial charge >= 0.3 is 5.97 Å². The van der Waals surface area contributed by atoms with E-state index in [9.17, 15) is 9.18 Å². The molecule has 1 saturated carbocycles. The van der Waals surface area contributed by atoms with Crippen molar-refractivity contribution in [2.45, 2.75) is 51.4 Å². The molecule has 0 saturated heterocycles. The van der Waals surface area contributed by atoms with Gasteiger partial charge in [-0.2, -0.15) is 5.26 Å². The molecule has 0 unspecified atom stereocenters. The van der Waals surface area contributed by atoms with Gasteiger partial charge in [-0.3, -0.25) is 4.79 Å². The van der Waals surface area contributed by atoms with E-state index < -0.39 is 5.82 Å². The summed E-state index contributed by atoms with van der Waals surface area (Å²) in [6.45, 7) is 2.17. The summed E-state index contributed by atoms with van der Waals surface area (Å²) in [5.74, 6) is -0.542. The molecule has 150 valence electrons. The van der Waals surface area contributed by atoms with Crippen LogP contribution in [-0.4, -0.2) is 5.97 Å². The number of unbranched alkanes of at least 4 members (excludes halogenated alkanes) is 1. The number of hydrogen-bond donors (Lipinski definition) is 0. The van der Waals surface area contributed by atoms with Crippen molar-refractivity contribution in [2.24, 2.45) is 5.92 Å². The Bertz CT molecular complexity index is 903. The van der Waals surface area contributed by atoms with Gasteiger partial charge in [-0.15, -0.1) is 0 Å². The number of rotatable bonds is 6. The van der Waals surface area contributed by atoms with E-state index >= 15 is 0 Å². The fourth-order valence-corrected chi connectivity index (χ4v) is 3.78. The Hall–Kier alpha value is -2.93. The molecule has 0 spiro atoms. The molecule has 0 radical (unpaired) electrons. The minimum Gasteiger partial charge on any atom is -0.426 e. The fourth-order valence-electron chi connectivity index (χ4n) is 3.78. The van der Waals surface area contributed by atoms with E-state index in [0.29, 0.717) is 5.92 Å². The first kappa shape index (κ1) is 20.8. The van der Waals surface area contributed by atoms with Gasteiger partial charge in [0, 0.05) is 6.07 Å². The van der Waals surface area contributed by atoms with Gasteiger partial charge in [0.05, 0.1) is 11.5 Å². The van der Waals surface area contributed by atoms with Crippen LogP contribution >= 0.6 is 0 Å². The summed E-state index contributed by atoms with van der Waals surface area (Å²) in [5, 5.41) is 8.78. The zero-order chi connectivity index (χ0) is 20.6. The first-order chi connectivity index (χ1) is 14.1. The maximum Gasteiger partial charge on any atom is 0.314 e. The summed E-state index contributed by atoms with van der Waals surface area (Å²) in [4.78, 5) is 12.4. The second-order valence-electron chi connectivity index (χ2n) is 7.58. The molecule has 0 bridgehead atoms. The summed E-state index contributed by atoms with van der Waals surface area (Å²) in [6.07, 6.45) is 10.0. The van der Waals surface area contributed by atoms with E-state index in [-0.39, 0.29) is 23.2 Å². The van der Waals surface area contributed by atoms with Crippen LogP contribution < -0.4 is 4.74 Å². The molecule has 2 aromatic rings. The van der Waals surface area contributed by atoms with Crippen LogP contribution in [0.3, 0.4) is 0 Å². The van der Waals surface area contributed by atoms with Crippen LogP contribution in [0.25, 0.3) is 6.08 Å². The third kappa shape index (κ3) is 5.54. The van der Waals surface area contributed by atoms with Crippen LogP contribution in [-0.2, 0) is 4.79 Å². The molecule has 0 N–H and O–H groups in total. The van der Waals surface area contributed by atoms with Crippen LogP contribution in [0.2, 0.25) is 0 Å². The molecule has 29 heavy (non-hydrogen) atoms. The highest BCUT2D eigenvalue weighted by Gasteiger charge is 2.28. The number of carbonyl (C=O) groups is 1. The van der Waals surface area contributed by atoms with E-state index in [1.807, 2.05) is 0 Å². The summed E-state index contributed by atoms with van der Waals surface area (Å²) in [6, 6.07) is 14.3. The summed E-state index contributed by atoms with van der Waals surface area (Å²) < 4.78 is 19.0. The van der Waals surface area contributed by atoms with Gasteiger partial charge in [0.15, 0.2) is 0 Å². The first-order valence-electron chi connectivity index (χ1n) is 10.3. The average Bonchev–Trinajstić information content (AvgIpc) is 2.75. The van der Waals surface area contributed by atoms with Gasteiger partial charge in [0.25, 0.3) is 0 Å². The van der Waals surface area contributed by atoms with Gasteiger partial charge in [0.1, 0.15) is 17.6 Å². The van der Waals surface area contributed by atoms with Gasteiger partial charge in [-0.1, -0.05) is 49.8 Å². The Morgan fingerprint density at radius 1 is 1.17 bits per heavy atom. The minimum absolute atomic E-state index is 0.0582. The third-order valence-electron chi connectivity index (χ3n) is 5.51. The van der Waals surface area contributed by atoms with Crippen molar-refractivity contribution in [1.82, 2.24) is 0 Å². The molecule has 4 heteroatoms. The molecule has 0 aromatic heterocycles. The Morgan fingerprint density at radius 3 is 2.52 bits per heavy atom. The molecule has 0 atom stereocenters. The fraction of sp³-hybridized carbons (Fsp3) is 0.360. The van der Waals surface area contributed by atoms with Crippen molar-refractivity contribution in [3.63, 3.8) is 0 Å². The molecule has 1 aliphatic carbocycles. The highest BCUT2D eigenvalue weighted by atomic mass is 19.1. The zero-order valence-electron chi connectivity index (χ0n) is 16.7. The molecule has 1 aliphatic rings. The van der Waals surface area contributed by atoms with Crippen molar-refractivity contribution in [1.29, 1.82) is 5.26 Å². The van der Waals surface area contributed by atoms with E-state index in [1.54, 1.807) is 6.07 Å². The van der Waals surface area contributed by atoms with Crippen LogP contribution in [0.1, 0.15) is 68.1 Å². The zero-order valence-corrected chi connectivity index (χ0v) is 16.7. The number of allylic oxidation sites excluding steroid dienone is 1. The number of nitriles is 1. The monoisotopic (exact) mass is 391 g/mol. The molecule has 0 heterocycles. The smallest absolute Gasteiger partial charge is 0.314 e. The number of nitrogens with zero attached hydrogens (tertiary/aromatic N) is 1. The summed E-state index contributed by atoms with van der Waals surface area (Å²) in [5.41, 5.74) is 2.48. The average molecular weight is 391 g/mol. The first-order valence-corrected chi connectivity index (χ1v) is 10.3. The van der Waals surface area contributed by atoms with Crippen molar-refractivity contribution in [2.75, 3.05) is 0 Å². The Kier molecular flexibility index (Phi) is 7.19.